The Hall–Kier alpha value is -1.81. The Morgan fingerprint density at radius 2 is 1.89 bits per heavy atom. The minimum atomic E-state index is 0.299. The Balaban J connectivity index is 2.05. The van der Waals surface area contributed by atoms with Gasteiger partial charge in [0.1, 0.15) is 5.02 Å². The van der Waals surface area contributed by atoms with Crippen molar-refractivity contribution in [3.63, 3.8) is 0 Å². The Bertz CT molecular complexity index is 543. The molecule has 0 amide bonds. The first kappa shape index (κ1) is 13.6. The van der Waals surface area contributed by atoms with E-state index in [9.17, 15) is 0 Å². The van der Waals surface area contributed by atoms with Crippen molar-refractivity contribution in [3.05, 3.63) is 46.6 Å². The minimum absolute atomic E-state index is 0.299. The summed E-state index contributed by atoms with van der Waals surface area (Å²) in [5, 5.41) is 3.66. The normalized spacial score (nSPS) is 10.3. The number of hydrogen-bond acceptors (Lipinski definition) is 4. The maximum atomic E-state index is 6.02. The van der Waals surface area contributed by atoms with Crippen LogP contribution in [0.4, 0.5) is 5.82 Å². The summed E-state index contributed by atoms with van der Waals surface area (Å²) in [5.41, 5.74) is 2.50. The molecule has 5 heteroatoms. The molecule has 0 bridgehead atoms. The molecule has 4 nitrogen and oxygen atoms in total. The Morgan fingerprint density at radius 1 is 1.21 bits per heavy atom. The second kappa shape index (κ2) is 6.38. The van der Waals surface area contributed by atoms with Gasteiger partial charge in [-0.15, -0.1) is 0 Å². The molecule has 1 N–H and O–H groups in total. The molecule has 0 unspecified atom stereocenters. The van der Waals surface area contributed by atoms with E-state index in [1.807, 2.05) is 0 Å². The molecular formula is C14H16ClN3O. The van der Waals surface area contributed by atoms with Gasteiger partial charge in [0.25, 0.3) is 0 Å². The number of rotatable bonds is 5. The van der Waals surface area contributed by atoms with Crippen molar-refractivity contribution in [3.8, 4) is 6.01 Å². The van der Waals surface area contributed by atoms with Crippen molar-refractivity contribution in [1.82, 2.24) is 9.97 Å². The van der Waals surface area contributed by atoms with E-state index >= 15 is 0 Å². The van der Waals surface area contributed by atoms with Gasteiger partial charge in [-0.25, -0.2) is 4.98 Å². The van der Waals surface area contributed by atoms with Gasteiger partial charge in [-0.2, -0.15) is 4.98 Å². The largest absolute Gasteiger partial charge is 0.467 e. The molecule has 100 valence electrons. The zero-order valence-corrected chi connectivity index (χ0v) is 11.7. The van der Waals surface area contributed by atoms with Crippen molar-refractivity contribution in [2.45, 2.75) is 19.9 Å². The highest BCUT2D eigenvalue weighted by atomic mass is 35.5. The third-order valence-corrected chi connectivity index (χ3v) is 3.07. The number of ether oxygens (including phenoxy) is 1. The number of anilines is 1. The number of nitrogens with one attached hydrogen (secondary N) is 1. The van der Waals surface area contributed by atoms with Crippen LogP contribution in [0, 0.1) is 0 Å². The molecule has 0 atom stereocenters. The van der Waals surface area contributed by atoms with E-state index in [0.717, 1.165) is 6.42 Å². The summed E-state index contributed by atoms with van der Waals surface area (Å²) in [6.07, 6.45) is 2.57. The minimum Gasteiger partial charge on any atom is -0.467 e. The van der Waals surface area contributed by atoms with E-state index in [1.165, 1.54) is 24.4 Å². The molecule has 19 heavy (non-hydrogen) atoms. The average Bonchev–Trinajstić information content (AvgIpc) is 2.47. The van der Waals surface area contributed by atoms with E-state index in [-0.39, 0.29) is 0 Å². The summed E-state index contributed by atoms with van der Waals surface area (Å²) < 4.78 is 4.97. The Morgan fingerprint density at radius 3 is 2.53 bits per heavy atom. The molecule has 2 aromatic rings. The van der Waals surface area contributed by atoms with Crippen LogP contribution in [0.5, 0.6) is 6.01 Å². The van der Waals surface area contributed by atoms with Gasteiger partial charge in [0.15, 0.2) is 5.82 Å². The molecule has 1 aromatic heterocycles. The van der Waals surface area contributed by atoms with Gasteiger partial charge >= 0.3 is 6.01 Å². The average molecular weight is 278 g/mol. The van der Waals surface area contributed by atoms with Crippen LogP contribution in [0.15, 0.2) is 30.5 Å². The molecule has 0 saturated carbocycles. The molecule has 0 fully saturated rings. The van der Waals surface area contributed by atoms with Crippen LogP contribution in [-0.2, 0) is 13.0 Å². The lowest BCUT2D eigenvalue weighted by Gasteiger charge is -2.08. The molecule has 2 rings (SSSR count). The summed E-state index contributed by atoms with van der Waals surface area (Å²) in [7, 11) is 1.52. The van der Waals surface area contributed by atoms with Crippen molar-refractivity contribution in [2.24, 2.45) is 0 Å². The highest BCUT2D eigenvalue weighted by Gasteiger charge is 2.05. The molecular weight excluding hydrogens is 262 g/mol. The van der Waals surface area contributed by atoms with E-state index < -0.39 is 0 Å². The standard InChI is InChI=1S/C14H16ClN3O/c1-3-10-4-6-11(7-5-10)8-16-13-12(15)9-17-14(18-13)19-2/h4-7,9H,3,8H2,1-2H3,(H,16,17,18). The van der Waals surface area contributed by atoms with Gasteiger partial charge in [0.05, 0.1) is 13.3 Å². The van der Waals surface area contributed by atoms with Gasteiger partial charge in [0, 0.05) is 6.54 Å². The molecule has 0 spiro atoms. The van der Waals surface area contributed by atoms with Crippen LogP contribution in [0.3, 0.4) is 0 Å². The summed E-state index contributed by atoms with van der Waals surface area (Å²) in [5.74, 6) is 0.577. The molecule has 0 aliphatic heterocycles. The van der Waals surface area contributed by atoms with Crippen LogP contribution in [0.2, 0.25) is 5.02 Å². The number of aromatic nitrogens is 2. The van der Waals surface area contributed by atoms with E-state index in [2.05, 4.69) is 46.5 Å². The number of aryl methyl sites for hydroxylation is 1. The van der Waals surface area contributed by atoms with Crippen molar-refractivity contribution in [2.75, 3.05) is 12.4 Å². The maximum Gasteiger partial charge on any atom is 0.318 e. The zero-order chi connectivity index (χ0) is 13.7. The molecule has 1 heterocycles. The number of nitrogens with zero attached hydrogens (tertiary/aromatic N) is 2. The van der Waals surface area contributed by atoms with E-state index in [4.69, 9.17) is 16.3 Å². The molecule has 0 aliphatic rings. The number of halogens is 1. The quantitative estimate of drug-likeness (QED) is 0.911. The first-order valence-corrected chi connectivity index (χ1v) is 6.49. The van der Waals surface area contributed by atoms with Gasteiger partial charge in [-0.3, -0.25) is 0 Å². The van der Waals surface area contributed by atoms with Crippen molar-refractivity contribution in [1.29, 1.82) is 0 Å². The van der Waals surface area contributed by atoms with Crippen LogP contribution in [-0.4, -0.2) is 17.1 Å². The van der Waals surface area contributed by atoms with Gasteiger partial charge in [-0.1, -0.05) is 42.8 Å². The van der Waals surface area contributed by atoms with Crippen molar-refractivity contribution >= 4 is 17.4 Å². The number of methoxy groups -OCH3 is 1. The Kier molecular flexibility index (Phi) is 4.58. The summed E-state index contributed by atoms with van der Waals surface area (Å²) in [6.45, 7) is 2.80. The van der Waals surface area contributed by atoms with Crippen LogP contribution in [0.1, 0.15) is 18.1 Å². The predicted molar refractivity (Wildman–Crippen MR) is 76.7 cm³/mol. The van der Waals surface area contributed by atoms with Crippen LogP contribution in [0.25, 0.3) is 0 Å². The highest BCUT2D eigenvalue weighted by molar-refractivity contribution is 6.32. The third-order valence-electron chi connectivity index (χ3n) is 2.80. The third kappa shape index (κ3) is 3.58. The second-order valence-corrected chi connectivity index (χ2v) is 4.48. The lowest BCUT2D eigenvalue weighted by atomic mass is 10.1. The van der Waals surface area contributed by atoms with Gasteiger partial charge in [-0.05, 0) is 17.5 Å². The van der Waals surface area contributed by atoms with Gasteiger partial charge < -0.3 is 10.1 Å². The fraction of sp³-hybridized carbons (Fsp3) is 0.286. The lowest BCUT2D eigenvalue weighted by molar-refractivity contribution is 0.380. The van der Waals surface area contributed by atoms with Gasteiger partial charge in [0.2, 0.25) is 0 Å². The Labute approximate surface area is 117 Å². The highest BCUT2D eigenvalue weighted by Crippen LogP contribution is 2.20. The lowest BCUT2D eigenvalue weighted by Crippen LogP contribution is -2.04. The summed E-state index contributed by atoms with van der Waals surface area (Å²) in [4.78, 5) is 8.09. The number of hydrogen-bond donors (Lipinski definition) is 1. The molecule has 1 aromatic carbocycles. The van der Waals surface area contributed by atoms with E-state index in [0.29, 0.717) is 23.4 Å². The predicted octanol–water partition coefficient (Wildman–Crippen LogP) is 3.31. The van der Waals surface area contributed by atoms with Crippen LogP contribution < -0.4 is 10.1 Å². The SMILES string of the molecule is CCc1ccc(CNc2nc(OC)ncc2Cl)cc1. The molecule has 0 aliphatic carbocycles. The van der Waals surface area contributed by atoms with E-state index in [1.54, 1.807) is 0 Å². The monoisotopic (exact) mass is 277 g/mol. The summed E-state index contributed by atoms with van der Waals surface area (Å²) >= 11 is 6.02. The fourth-order valence-electron chi connectivity index (χ4n) is 1.65. The second-order valence-electron chi connectivity index (χ2n) is 4.08. The smallest absolute Gasteiger partial charge is 0.318 e. The molecule has 0 saturated heterocycles. The topological polar surface area (TPSA) is 47.0 Å². The fourth-order valence-corrected chi connectivity index (χ4v) is 1.81. The maximum absolute atomic E-state index is 6.02. The van der Waals surface area contributed by atoms with Crippen LogP contribution >= 0.6 is 11.6 Å². The van der Waals surface area contributed by atoms with Crippen molar-refractivity contribution < 1.29 is 4.74 Å². The summed E-state index contributed by atoms with van der Waals surface area (Å²) in [6, 6.07) is 8.74. The number of benzene rings is 1. The molecule has 0 radical (unpaired) electrons. The zero-order valence-electron chi connectivity index (χ0n) is 11.0. The first-order chi connectivity index (χ1) is 9.22. The first-order valence-electron chi connectivity index (χ1n) is 6.11.